The molecular weight excluding hydrogens is 320 g/mol. The van der Waals surface area contributed by atoms with Crippen LogP contribution in [0.4, 0.5) is 0 Å². The molecule has 5 nitrogen and oxygen atoms in total. The van der Waals surface area contributed by atoms with Crippen LogP contribution in [0, 0.1) is 23.7 Å². The molecule has 0 amide bonds. The summed E-state index contributed by atoms with van der Waals surface area (Å²) >= 11 is 0. The van der Waals surface area contributed by atoms with Crippen LogP contribution in [0.5, 0.6) is 0 Å². The highest BCUT2D eigenvalue weighted by atomic mass is 16.6. The fourth-order valence-corrected chi connectivity index (χ4v) is 3.85. The van der Waals surface area contributed by atoms with Gasteiger partial charge in [-0.3, -0.25) is 4.79 Å². The smallest absolute Gasteiger partial charge is 0.309 e. The Labute approximate surface area is 151 Å². The van der Waals surface area contributed by atoms with Gasteiger partial charge in [-0.25, -0.2) is 0 Å². The number of carbonyl (C=O) groups is 1. The predicted octanol–water partition coefficient (Wildman–Crippen LogP) is 2.70. The van der Waals surface area contributed by atoms with Crippen molar-refractivity contribution in [3.8, 4) is 0 Å². The van der Waals surface area contributed by atoms with Crippen molar-refractivity contribution in [2.24, 2.45) is 23.7 Å². The van der Waals surface area contributed by atoms with Gasteiger partial charge in [0.05, 0.1) is 12.0 Å². The monoisotopic (exact) mass is 354 g/mol. The molecule has 0 saturated carbocycles. The Kier molecular flexibility index (Phi) is 7.47. The molecule has 0 aromatic rings. The van der Waals surface area contributed by atoms with Crippen molar-refractivity contribution in [3.05, 3.63) is 11.6 Å². The topological polar surface area (TPSA) is 76.0 Å². The number of aliphatic hydroxyl groups excluding tert-OH is 2. The van der Waals surface area contributed by atoms with Crippen molar-refractivity contribution in [2.75, 3.05) is 13.2 Å². The normalized spacial score (nSPS) is 37.8. The van der Waals surface area contributed by atoms with E-state index in [1.54, 1.807) is 0 Å². The van der Waals surface area contributed by atoms with Crippen LogP contribution in [0.3, 0.4) is 0 Å². The van der Waals surface area contributed by atoms with Crippen molar-refractivity contribution in [2.45, 2.75) is 71.7 Å². The minimum absolute atomic E-state index is 0.110. The maximum absolute atomic E-state index is 12.2. The van der Waals surface area contributed by atoms with Gasteiger partial charge < -0.3 is 19.7 Å². The molecule has 2 rings (SSSR count). The summed E-state index contributed by atoms with van der Waals surface area (Å²) in [6.07, 6.45) is 3.81. The van der Waals surface area contributed by atoms with Gasteiger partial charge in [-0.05, 0) is 43.6 Å². The quantitative estimate of drug-likeness (QED) is 0.586. The Morgan fingerprint density at radius 3 is 2.80 bits per heavy atom. The first-order valence-corrected chi connectivity index (χ1v) is 9.66. The molecule has 0 bridgehead atoms. The molecule has 1 fully saturated rings. The maximum Gasteiger partial charge on any atom is 0.309 e. The number of esters is 1. The molecule has 0 aromatic carbocycles. The van der Waals surface area contributed by atoms with E-state index < -0.39 is 12.2 Å². The highest BCUT2D eigenvalue weighted by Gasteiger charge is 2.50. The molecule has 5 heteroatoms. The third-order valence-electron chi connectivity index (χ3n) is 5.94. The second-order valence-electron chi connectivity index (χ2n) is 7.91. The van der Waals surface area contributed by atoms with E-state index in [9.17, 15) is 15.0 Å². The maximum atomic E-state index is 12.2. The zero-order valence-corrected chi connectivity index (χ0v) is 16.0. The van der Waals surface area contributed by atoms with E-state index >= 15 is 0 Å². The van der Waals surface area contributed by atoms with Crippen LogP contribution in [-0.2, 0) is 14.3 Å². The molecule has 1 heterocycles. The van der Waals surface area contributed by atoms with Crippen LogP contribution in [0.15, 0.2) is 11.6 Å². The Hall–Kier alpha value is -0.910. The Balaban J connectivity index is 2.30. The lowest BCUT2D eigenvalue weighted by Crippen LogP contribution is -2.43. The van der Waals surface area contributed by atoms with Crippen LogP contribution in [0.2, 0.25) is 0 Å². The average molecular weight is 354 g/mol. The van der Waals surface area contributed by atoms with Crippen molar-refractivity contribution < 1.29 is 24.5 Å². The minimum atomic E-state index is -0.792. The van der Waals surface area contributed by atoms with Gasteiger partial charge in [-0.15, -0.1) is 0 Å². The van der Waals surface area contributed by atoms with Crippen molar-refractivity contribution in [1.82, 2.24) is 0 Å². The fraction of sp³-hybridized carbons (Fsp3) is 0.850. The molecule has 7 atom stereocenters. The van der Waals surface area contributed by atoms with Crippen molar-refractivity contribution in [1.29, 1.82) is 0 Å². The number of rotatable bonds is 5. The van der Waals surface area contributed by atoms with Crippen LogP contribution in [-0.4, -0.2) is 47.7 Å². The lowest BCUT2D eigenvalue weighted by atomic mass is 9.78. The van der Waals surface area contributed by atoms with Gasteiger partial charge in [0.2, 0.25) is 0 Å². The highest BCUT2D eigenvalue weighted by molar-refractivity contribution is 5.75. The van der Waals surface area contributed by atoms with E-state index in [0.717, 1.165) is 24.8 Å². The van der Waals surface area contributed by atoms with E-state index in [1.807, 2.05) is 19.9 Å². The van der Waals surface area contributed by atoms with E-state index in [4.69, 9.17) is 9.47 Å². The van der Waals surface area contributed by atoms with Gasteiger partial charge in [0, 0.05) is 19.1 Å². The number of allylic oxidation sites excluding steroid dienone is 1. The summed E-state index contributed by atoms with van der Waals surface area (Å²) < 4.78 is 11.8. The zero-order valence-electron chi connectivity index (χ0n) is 16.0. The minimum Gasteiger partial charge on any atom is -0.459 e. The first-order valence-electron chi connectivity index (χ1n) is 9.66. The van der Waals surface area contributed by atoms with E-state index in [0.29, 0.717) is 18.9 Å². The molecule has 25 heavy (non-hydrogen) atoms. The molecule has 1 aliphatic heterocycles. The first kappa shape index (κ1) is 20.4. The number of hydrogen-bond donors (Lipinski definition) is 2. The molecule has 0 spiro atoms. The van der Waals surface area contributed by atoms with Crippen molar-refractivity contribution in [3.63, 3.8) is 0 Å². The molecular formula is C20H34O5. The Morgan fingerprint density at radius 2 is 2.16 bits per heavy atom. The van der Waals surface area contributed by atoms with Crippen molar-refractivity contribution >= 4 is 5.97 Å². The summed E-state index contributed by atoms with van der Waals surface area (Å²) in [5.41, 5.74) is 0.830. The lowest BCUT2D eigenvalue weighted by molar-refractivity contribution is -0.147. The lowest BCUT2D eigenvalue weighted by Gasteiger charge is -2.34. The summed E-state index contributed by atoms with van der Waals surface area (Å²) in [6.45, 7) is 8.74. The van der Waals surface area contributed by atoms with Gasteiger partial charge in [-0.2, -0.15) is 0 Å². The summed E-state index contributed by atoms with van der Waals surface area (Å²) in [7, 11) is 0. The molecule has 0 radical (unpaired) electrons. The number of ether oxygens (including phenoxy) is 2. The van der Waals surface area contributed by atoms with Gasteiger partial charge in [0.25, 0.3) is 0 Å². The third-order valence-corrected chi connectivity index (χ3v) is 5.94. The molecule has 7 unspecified atom stereocenters. The fourth-order valence-electron chi connectivity index (χ4n) is 3.85. The Bertz CT molecular complexity index is 475. The van der Waals surface area contributed by atoms with E-state index in [2.05, 4.69) is 13.8 Å². The van der Waals surface area contributed by atoms with E-state index in [-0.39, 0.29) is 36.4 Å². The zero-order chi connectivity index (χ0) is 18.6. The first-order chi connectivity index (χ1) is 11.9. The second-order valence-corrected chi connectivity index (χ2v) is 7.91. The van der Waals surface area contributed by atoms with Gasteiger partial charge in [-0.1, -0.05) is 33.3 Å². The molecule has 144 valence electrons. The van der Waals surface area contributed by atoms with Crippen LogP contribution in [0.25, 0.3) is 0 Å². The van der Waals surface area contributed by atoms with Crippen LogP contribution < -0.4 is 0 Å². The number of carbonyl (C=O) groups excluding carboxylic acids is 1. The highest BCUT2D eigenvalue weighted by Crippen LogP contribution is 2.39. The number of fused-ring (bicyclic) bond motifs is 1. The summed E-state index contributed by atoms with van der Waals surface area (Å²) in [6, 6.07) is 0. The van der Waals surface area contributed by atoms with Gasteiger partial charge >= 0.3 is 5.97 Å². The van der Waals surface area contributed by atoms with Gasteiger partial charge in [0.1, 0.15) is 12.2 Å². The third kappa shape index (κ3) is 4.83. The Morgan fingerprint density at radius 1 is 1.44 bits per heavy atom. The molecule has 2 aliphatic rings. The predicted molar refractivity (Wildman–Crippen MR) is 95.9 cm³/mol. The SMILES string of the molecule is CCC(C)COC1CC(CO)CCC=C(C)C(O)C2OC(=O)C(C)C12. The molecule has 0 aromatic heterocycles. The van der Waals surface area contributed by atoms with E-state index in [1.165, 1.54) is 0 Å². The largest absolute Gasteiger partial charge is 0.459 e. The molecule has 1 saturated heterocycles. The summed E-state index contributed by atoms with van der Waals surface area (Å²) in [4.78, 5) is 12.2. The van der Waals surface area contributed by atoms with Gasteiger partial charge in [0.15, 0.2) is 0 Å². The summed E-state index contributed by atoms with van der Waals surface area (Å²) in [5, 5.41) is 20.5. The average Bonchev–Trinajstić information content (AvgIpc) is 2.90. The van der Waals surface area contributed by atoms with Crippen LogP contribution in [0.1, 0.15) is 53.4 Å². The number of hydrogen-bond acceptors (Lipinski definition) is 5. The molecule has 2 N–H and O–H groups in total. The standard InChI is InChI=1S/C20H34O5/c1-5-12(2)11-24-16-9-15(10-21)8-6-7-13(3)18(22)19-17(16)14(4)20(23)25-19/h7,12,14-19,21-22H,5-6,8-11H2,1-4H3. The molecule has 1 aliphatic carbocycles. The van der Waals surface area contributed by atoms with Crippen LogP contribution >= 0.6 is 0 Å². The second kappa shape index (κ2) is 9.15. The number of aliphatic hydroxyl groups is 2. The summed E-state index contributed by atoms with van der Waals surface area (Å²) in [5.74, 6) is -0.208.